The molecule has 0 saturated heterocycles. The lowest BCUT2D eigenvalue weighted by atomic mass is 10.1. The molecule has 1 aliphatic heterocycles. The highest BCUT2D eigenvalue weighted by atomic mass is 35.5. The summed E-state index contributed by atoms with van der Waals surface area (Å²) in [6, 6.07) is 18.4. The Kier molecular flexibility index (Phi) is 4.65. The number of halogens is 2. The van der Waals surface area contributed by atoms with Crippen molar-refractivity contribution in [2.75, 3.05) is 0 Å². The third kappa shape index (κ3) is 3.86. The number of fused-ring (bicyclic) bond motifs is 1. The molecule has 3 nitrogen and oxygen atoms in total. The molecule has 0 aliphatic carbocycles. The van der Waals surface area contributed by atoms with Crippen LogP contribution in [0, 0.1) is 5.82 Å². The van der Waals surface area contributed by atoms with Gasteiger partial charge in [0.05, 0.1) is 5.56 Å². The molecule has 4 rings (SSSR count). The monoisotopic (exact) mass is 380 g/mol. The van der Waals surface area contributed by atoms with Crippen LogP contribution < -0.4 is 9.47 Å². The maximum absolute atomic E-state index is 13.2. The van der Waals surface area contributed by atoms with Crippen LogP contribution in [0.3, 0.4) is 0 Å². The Hall–Kier alpha value is -3.11. The van der Waals surface area contributed by atoms with Crippen molar-refractivity contribution in [3.63, 3.8) is 0 Å². The van der Waals surface area contributed by atoms with Crippen LogP contribution in [0.4, 0.5) is 4.39 Å². The van der Waals surface area contributed by atoms with E-state index < -0.39 is 0 Å². The summed E-state index contributed by atoms with van der Waals surface area (Å²) >= 11 is 5.98. The molecule has 134 valence electrons. The van der Waals surface area contributed by atoms with Crippen molar-refractivity contribution in [3.05, 3.63) is 100 Å². The normalized spacial score (nSPS) is 14.1. The fraction of sp³-hybridized carbons (Fsp3) is 0.0455. The van der Waals surface area contributed by atoms with Gasteiger partial charge < -0.3 is 9.47 Å². The summed E-state index contributed by atoms with van der Waals surface area (Å²) in [5, 5.41) is 0.584. The van der Waals surface area contributed by atoms with E-state index in [1.807, 2.05) is 6.07 Å². The molecule has 0 radical (unpaired) electrons. The Labute approximate surface area is 160 Å². The highest BCUT2D eigenvalue weighted by molar-refractivity contribution is 6.30. The van der Waals surface area contributed by atoms with Gasteiger partial charge in [-0.3, -0.25) is 4.79 Å². The van der Waals surface area contributed by atoms with Crippen LogP contribution in [0.1, 0.15) is 21.5 Å². The molecule has 0 fully saturated rings. The van der Waals surface area contributed by atoms with Crippen LogP contribution in [-0.2, 0) is 6.61 Å². The zero-order valence-corrected chi connectivity index (χ0v) is 14.9. The Morgan fingerprint density at radius 2 is 1.89 bits per heavy atom. The largest absolute Gasteiger partial charge is 0.489 e. The number of hydrogen-bond donors (Lipinski definition) is 0. The first-order valence-electron chi connectivity index (χ1n) is 8.29. The fourth-order valence-electron chi connectivity index (χ4n) is 2.80. The lowest BCUT2D eigenvalue weighted by Gasteiger charge is -2.07. The van der Waals surface area contributed by atoms with Gasteiger partial charge in [0.15, 0.2) is 5.76 Å². The first-order valence-corrected chi connectivity index (χ1v) is 8.67. The van der Waals surface area contributed by atoms with Gasteiger partial charge in [0, 0.05) is 11.1 Å². The molecule has 0 unspecified atom stereocenters. The zero-order valence-electron chi connectivity index (χ0n) is 14.1. The van der Waals surface area contributed by atoms with Crippen LogP contribution >= 0.6 is 11.6 Å². The lowest BCUT2D eigenvalue weighted by molar-refractivity contribution is 0.101. The van der Waals surface area contributed by atoms with Gasteiger partial charge in [-0.05, 0) is 53.6 Å². The topological polar surface area (TPSA) is 35.5 Å². The summed E-state index contributed by atoms with van der Waals surface area (Å²) in [6.07, 6.45) is 1.65. The molecule has 3 aromatic rings. The number of carbonyl (C=O) groups is 1. The number of ketones is 1. The number of carbonyl (C=O) groups excluding carboxylic acids is 1. The summed E-state index contributed by atoms with van der Waals surface area (Å²) in [5.41, 5.74) is 1.97. The first-order chi connectivity index (χ1) is 13.1. The number of benzene rings is 3. The van der Waals surface area contributed by atoms with Crippen LogP contribution in [0.25, 0.3) is 6.08 Å². The summed E-state index contributed by atoms with van der Waals surface area (Å²) in [7, 11) is 0. The molecule has 0 saturated carbocycles. The smallest absolute Gasteiger partial charge is 0.231 e. The van der Waals surface area contributed by atoms with E-state index in [1.54, 1.807) is 54.6 Å². The third-order valence-electron chi connectivity index (χ3n) is 4.08. The van der Waals surface area contributed by atoms with Crippen molar-refractivity contribution in [3.8, 4) is 11.5 Å². The van der Waals surface area contributed by atoms with Gasteiger partial charge in [-0.25, -0.2) is 4.39 Å². The van der Waals surface area contributed by atoms with Gasteiger partial charge >= 0.3 is 0 Å². The highest BCUT2D eigenvalue weighted by Gasteiger charge is 2.27. The average Bonchev–Trinajstić information content (AvgIpc) is 2.95. The SMILES string of the molecule is O=C1/C(=C/c2cccc(Cl)c2)Oc2cc(OCc3cccc(F)c3)ccc21. The van der Waals surface area contributed by atoms with E-state index in [9.17, 15) is 9.18 Å². The lowest BCUT2D eigenvalue weighted by Crippen LogP contribution is -1.98. The van der Waals surface area contributed by atoms with Crippen molar-refractivity contribution in [2.24, 2.45) is 0 Å². The molecule has 3 aromatic carbocycles. The molecule has 0 amide bonds. The van der Waals surface area contributed by atoms with Crippen LogP contribution in [0.2, 0.25) is 5.02 Å². The van der Waals surface area contributed by atoms with Gasteiger partial charge in [-0.2, -0.15) is 0 Å². The predicted octanol–water partition coefficient (Wildman–Crippen LogP) is 5.67. The zero-order chi connectivity index (χ0) is 18.8. The van der Waals surface area contributed by atoms with Crippen LogP contribution in [-0.4, -0.2) is 5.78 Å². The molecule has 0 spiro atoms. The molecule has 5 heteroatoms. The summed E-state index contributed by atoms with van der Waals surface area (Å²) < 4.78 is 24.6. The molecular weight excluding hydrogens is 367 g/mol. The van der Waals surface area contributed by atoms with E-state index in [4.69, 9.17) is 21.1 Å². The summed E-state index contributed by atoms with van der Waals surface area (Å²) in [4.78, 5) is 12.5. The van der Waals surface area contributed by atoms with Crippen molar-refractivity contribution in [2.45, 2.75) is 6.61 Å². The van der Waals surface area contributed by atoms with Gasteiger partial charge in [0.25, 0.3) is 0 Å². The molecule has 0 N–H and O–H groups in total. The summed E-state index contributed by atoms with van der Waals surface area (Å²) in [5.74, 6) is 0.700. The van der Waals surface area contributed by atoms with E-state index in [2.05, 4.69) is 0 Å². The minimum Gasteiger partial charge on any atom is -0.489 e. The number of ether oxygens (including phenoxy) is 2. The van der Waals surface area contributed by atoms with Crippen molar-refractivity contribution in [1.82, 2.24) is 0 Å². The predicted molar refractivity (Wildman–Crippen MR) is 102 cm³/mol. The summed E-state index contributed by atoms with van der Waals surface area (Å²) in [6.45, 7) is 0.218. The Balaban J connectivity index is 1.52. The van der Waals surface area contributed by atoms with E-state index in [1.165, 1.54) is 12.1 Å². The number of Topliss-reactive ketones (excluding diaryl/α,β-unsaturated/α-hetero) is 1. The van der Waals surface area contributed by atoms with E-state index in [0.717, 1.165) is 5.56 Å². The maximum atomic E-state index is 13.2. The molecule has 0 atom stereocenters. The first kappa shape index (κ1) is 17.3. The highest BCUT2D eigenvalue weighted by Crippen LogP contribution is 2.35. The van der Waals surface area contributed by atoms with E-state index in [0.29, 0.717) is 27.6 Å². The average molecular weight is 381 g/mol. The number of allylic oxidation sites excluding steroid dienone is 1. The Morgan fingerprint density at radius 1 is 1.04 bits per heavy atom. The van der Waals surface area contributed by atoms with Crippen LogP contribution in [0.5, 0.6) is 11.5 Å². The second-order valence-electron chi connectivity index (χ2n) is 6.07. The molecule has 0 bridgehead atoms. The van der Waals surface area contributed by atoms with E-state index in [-0.39, 0.29) is 24.0 Å². The minimum atomic E-state index is -0.310. The van der Waals surface area contributed by atoms with Gasteiger partial charge in [0.2, 0.25) is 5.78 Å². The quantitative estimate of drug-likeness (QED) is 0.547. The molecular formula is C22H14ClFO3. The molecule has 27 heavy (non-hydrogen) atoms. The number of rotatable bonds is 4. The van der Waals surface area contributed by atoms with E-state index >= 15 is 0 Å². The van der Waals surface area contributed by atoms with Gasteiger partial charge in [0.1, 0.15) is 23.9 Å². The Bertz CT molecular complexity index is 1060. The minimum absolute atomic E-state index is 0.193. The maximum Gasteiger partial charge on any atom is 0.231 e. The molecule has 1 aliphatic rings. The van der Waals surface area contributed by atoms with Crippen molar-refractivity contribution < 1.29 is 18.7 Å². The Morgan fingerprint density at radius 3 is 2.70 bits per heavy atom. The standard InChI is InChI=1S/C22H14ClFO3/c23-16-5-1-3-14(9-16)11-21-22(25)19-8-7-18(12-20(19)27-21)26-13-15-4-2-6-17(24)10-15/h1-12H,13H2/b21-11-. The molecule has 0 aromatic heterocycles. The second-order valence-corrected chi connectivity index (χ2v) is 6.51. The second kappa shape index (κ2) is 7.25. The van der Waals surface area contributed by atoms with Crippen molar-refractivity contribution >= 4 is 23.5 Å². The molecule has 1 heterocycles. The third-order valence-corrected chi connectivity index (χ3v) is 4.32. The van der Waals surface area contributed by atoms with Crippen molar-refractivity contribution in [1.29, 1.82) is 0 Å². The number of hydrogen-bond acceptors (Lipinski definition) is 3. The van der Waals surface area contributed by atoms with Gasteiger partial charge in [-0.15, -0.1) is 0 Å². The van der Waals surface area contributed by atoms with Crippen LogP contribution in [0.15, 0.2) is 72.5 Å². The fourth-order valence-corrected chi connectivity index (χ4v) is 3.00. The van der Waals surface area contributed by atoms with Gasteiger partial charge in [-0.1, -0.05) is 35.9 Å².